The van der Waals surface area contributed by atoms with Gasteiger partial charge in [-0.15, -0.1) is 0 Å². The van der Waals surface area contributed by atoms with Crippen LogP contribution in [0.15, 0.2) is 255 Å². The van der Waals surface area contributed by atoms with Gasteiger partial charge in [0.1, 0.15) is 0 Å². The van der Waals surface area contributed by atoms with Gasteiger partial charge in [-0.1, -0.05) is 208 Å². The van der Waals surface area contributed by atoms with E-state index in [1.165, 1.54) is 105 Å². The van der Waals surface area contributed by atoms with Crippen LogP contribution in [0.25, 0.3) is 93.9 Å². The van der Waals surface area contributed by atoms with Crippen molar-refractivity contribution in [1.82, 2.24) is 4.57 Å². The van der Waals surface area contributed by atoms with Crippen molar-refractivity contribution in [2.75, 3.05) is 4.90 Å². The van der Waals surface area contributed by atoms with Crippen molar-refractivity contribution in [2.45, 2.75) is 19.3 Å². The number of aromatic nitrogens is 1. The summed E-state index contributed by atoms with van der Waals surface area (Å²) in [5, 5.41) is 5.02. The normalized spacial score (nSPS) is 12.6. The molecule has 2 heteroatoms. The Morgan fingerprint density at radius 3 is 1.61 bits per heavy atom. The molecule has 1 heterocycles. The lowest BCUT2D eigenvalue weighted by Crippen LogP contribution is -2.15. The quantitative estimate of drug-likeness (QED) is 0.148. The number of benzene rings is 11. The zero-order valence-electron chi connectivity index (χ0n) is 38.6. The van der Waals surface area contributed by atoms with Gasteiger partial charge in [0.25, 0.3) is 0 Å². The van der Waals surface area contributed by atoms with Gasteiger partial charge in [-0.3, -0.25) is 0 Å². The average Bonchev–Trinajstić information content (AvgIpc) is 3.87. The second kappa shape index (κ2) is 16.3. The summed E-state index contributed by atoms with van der Waals surface area (Å²) in [7, 11) is 0. The van der Waals surface area contributed by atoms with Gasteiger partial charge in [-0.05, 0) is 138 Å². The highest BCUT2D eigenvalue weighted by Crippen LogP contribution is 2.50. The fourth-order valence-electron chi connectivity index (χ4n) is 11.2. The van der Waals surface area contributed by atoms with Crippen LogP contribution in [0.3, 0.4) is 0 Å². The molecule has 0 saturated carbocycles. The first-order valence-electron chi connectivity index (χ1n) is 24.0. The van der Waals surface area contributed by atoms with E-state index in [0.717, 1.165) is 17.1 Å². The van der Waals surface area contributed by atoms with E-state index in [0.29, 0.717) is 0 Å². The molecule has 0 amide bonds. The van der Waals surface area contributed by atoms with Crippen LogP contribution in [-0.4, -0.2) is 4.57 Å². The molecule has 1 aliphatic rings. The van der Waals surface area contributed by atoms with Crippen molar-refractivity contribution in [3.8, 4) is 61.3 Å². The highest BCUT2D eigenvalue weighted by Gasteiger charge is 2.35. The third-order valence-electron chi connectivity index (χ3n) is 14.6. The molecule has 1 aliphatic carbocycles. The Balaban J connectivity index is 0.901. The lowest BCUT2D eigenvalue weighted by Gasteiger charge is -2.26. The molecule has 1 aromatic heterocycles. The van der Waals surface area contributed by atoms with Crippen LogP contribution in [0.4, 0.5) is 17.1 Å². The van der Waals surface area contributed by atoms with Crippen LogP contribution >= 0.6 is 0 Å². The Kier molecular flexibility index (Phi) is 9.55. The van der Waals surface area contributed by atoms with Crippen molar-refractivity contribution in [2.24, 2.45) is 0 Å². The van der Waals surface area contributed by atoms with E-state index in [1.807, 2.05) is 0 Å². The molecule has 11 aromatic carbocycles. The monoisotopic (exact) mass is 880 g/mol. The number of hydrogen-bond acceptors (Lipinski definition) is 1. The summed E-state index contributed by atoms with van der Waals surface area (Å²) in [5.74, 6) is 0. The van der Waals surface area contributed by atoms with Crippen LogP contribution in [0, 0.1) is 0 Å². The Bertz CT molecular complexity index is 3890. The van der Waals surface area contributed by atoms with E-state index in [4.69, 9.17) is 0 Å². The molecule has 0 atom stereocenters. The summed E-state index contributed by atoms with van der Waals surface area (Å²) in [6.45, 7) is 4.72. The maximum Gasteiger partial charge on any atom is 0.0547 e. The van der Waals surface area contributed by atoms with E-state index in [-0.39, 0.29) is 5.41 Å². The summed E-state index contributed by atoms with van der Waals surface area (Å²) >= 11 is 0. The van der Waals surface area contributed by atoms with Gasteiger partial charge >= 0.3 is 0 Å². The zero-order chi connectivity index (χ0) is 46.1. The summed E-state index contributed by atoms with van der Waals surface area (Å²) in [6, 6.07) is 93.5. The predicted octanol–water partition coefficient (Wildman–Crippen LogP) is 18.4. The number of para-hydroxylation sites is 1. The van der Waals surface area contributed by atoms with Crippen LogP contribution in [0.2, 0.25) is 0 Å². The summed E-state index contributed by atoms with van der Waals surface area (Å²) in [5.41, 5.74) is 21.8. The Morgan fingerprint density at radius 2 is 0.841 bits per heavy atom. The molecule has 0 saturated heterocycles. The molecule has 0 bridgehead atoms. The van der Waals surface area contributed by atoms with E-state index < -0.39 is 0 Å². The number of rotatable bonds is 8. The van der Waals surface area contributed by atoms with Crippen LogP contribution in [0.5, 0.6) is 0 Å². The molecule has 12 aromatic rings. The molecular weight excluding hydrogens is 833 g/mol. The molecule has 0 N–H and O–H groups in total. The molecule has 326 valence electrons. The number of anilines is 3. The minimum absolute atomic E-state index is 0.0927. The van der Waals surface area contributed by atoms with Crippen LogP contribution < -0.4 is 4.90 Å². The van der Waals surface area contributed by atoms with Crippen LogP contribution in [0.1, 0.15) is 25.0 Å². The zero-order valence-corrected chi connectivity index (χ0v) is 38.6. The van der Waals surface area contributed by atoms with Gasteiger partial charge < -0.3 is 9.47 Å². The fourth-order valence-corrected chi connectivity index (χ4v) is 11.2. The Hall–Kier alpha value is -8.72. The van der Waals surface area contributed by atoms with Gasteiger partial charge in [-0.25, -0.2) is 0 Å². The second-order valence-corrected chi connectivity index (χ2v) is 18.9. The lowest BCUT2D eigenvalue weighted by molar-refractivity contribution is 0.660. The summed E-state index contributed by atoms with van der Waals surface area (Å²) < 4.78 is 2.47. The Labute approximate surface area is 403 Å². The van der Waals surface area contributed by atoms with Crippen molar-refractivity contribution in [3.05, 3.63) is 266 Å². The maximum absolute atomic E-state index is 2.47. The van der Waals surface area contributed by atoms with E-state index >= 15 is 0 Å². The Morgan fingerprint density at radius 1 is 0.319 bits per heavy atom. The summed E-state index contributed by atoms with van der Waals surface area (Å²) in [4.78, 5) is 2.39. The third-order valence-corrected chi connectivity index (χ3v) is 14.6. The van der Waals surface area contributed by atoms with Crippen molar-refractivity contribution >= 4 is 49.6 Å². The smallest absolute Gasteiger partial charge is 0.0547 e. The van der Waals surface area contributed by atoms with Crippen LogP contribution in [-0.2, 0) is 5.41 Å². The minimum atomic E-state index is -0.0927. The van der Waals surface area contributed by atoms with Crippen molar-refractivity contribution < 1.29 is 0 Å². The van der Waals surface area contributed by atoms with Gasteiger partial charge in [0.15, 0.2) is 0 Å². The average molecular weight is 881 g/mol. The minimum Gasteiger partial charge on any atom is -0.310 e. The molecular formula is C67H48N2. The molecule has 0 radical (unpaired) electrons. The molecule has 0 fully saturated rings. The predicted molar refractivity (Wildman–Crippen MR) is 292 cm³/mol. The standard InChI is InChI=1S/C67H48N2/c1-67(2)62-26-10-8-22-59(62)60-42-41-55(44-63(60)67)69-64-27-11-9-23-61(64)66-58(25-14-28-65(66)69)51-19-12-20-54(43-51)68(52-37-33-47(34-38-52)45-15-4-3-5-16-45)53-39-35-48(36-40-53)46-29-31-50(32-30-46)57-24-13-18-49-17-6-7-21-56(49)57/h3-44H,1-2H3. The first-order chi connectivity index (χ1) is 34.0. The molecule has 0 aliphatic heterocycles. The lowest BCUT2D eigenvalue weighted by atomic mass is 9.82. The SMILES string of the molecule is CC1(C)c2ccccc2-c2ccc(-n3c4ccccc4c4c(-c5cccc(N(c6ccc(-c7ccccc7)cc6)c6ccc(-c7ccc(-c8cccc9ccccc89)cc7)cc6)c5)cccc43)cc21. The van der Waals surface area contributed by atoms with Crippen molar-refractivity contribution in [3.63, 3.8) is 0 Å². The molecule has 69 heavy (non-hydrogen) atoms. The van der Waals surface area contributed by atoms with Gasteiger partial charge in [0, 0.05) is 38.9 Å². The van der Waals surface area contributed by atoms with E-state index in [1.54, 1.807) is 0 Å². The highest BCUT2D eigenvalue weighted by atomic mass is 15.1. The largest absolute Gasteiger partial charge is 0.310 e. The van der Waals surface area contributed by atoms with Crippen molar-refractivity contribution in [1.29, 1.82) is 0 Å². The molecule has 0 spiro atoms. The second-order valence-electron chi connectivity index (χ2n) is 18.9. The third kappa shape index (κ3) is 6.79. The molecule has 0 unspecified atom stereocenters. The number of fused-ring (bicyclic) bond motifs is 7. The van der Waals surface area contributed by atoms with E-state index in [9.17, 15) is 0 Å². The fraction of sp³-hybridized carbons (Fsp3) is 0.0448. The molecule has 13 rings (SSSR count). The first-order valence-corrected chi connectivity index (χ1v) is 24.0. The van der Waals surface area contributed by atoms with Gasteiger partial charge in [0.2, 0.25) is 0 Å². The highest BCUT2D eigenvalue weighted by molar-refractivity contribution is 6.16. The topological polar surface area (TPSA) is 8.17 Å². The summed E-state index contributed by atoms with van der Waals surface area (Å²) in [6.07, 6.45) is 0. The number of nitrogens with zero attached hydrogens (tertiary/aromatic N) is 2. The first kappa shape index (κ1) is 40.5. The van der Waals surface area contributed by atoms with Gasteiger partial charge in [-0.2, -0.15) is 0 Å². The molecule has 2 nitrogen and oxygen atoms in total. The number of hydrogen-bond donors (Lipinski definition) is 0. The van der Waals surface area contributed by atoms with E-state index in [2.05, 4.69) is 278 Å². The van der Waals surface area contributed by atoms with Gasteiger partial charge in [0.05, 0.1) is 11.0 Å². The maximum atomic E-state index is 2.47.